The Balaban J connectivity index is 2.08. The van der Waals surface area contributed by atoms with Gasteiger partial charge in [0, 0.05) is 0 Å². The van der Waals surface area contributed by atoms with Crippen LogP contribution in [0.15, 0.2) is 16.5 Å². The van der Waals surface area contributed by atoms with Gasteiger partial charge in [-0.05, 0) is 26.1 Å². The molecule has 0 aromatic carbocycles. The molecule has 0 saturated carbocycles. The van der Waals surface area contributed by atoms with Crippen LogP contribution < -0.4 is 5.32 Å². The molecule has 2 heterocycles. The fourth-order valence-corrected chi connectivity index (χ4v) is 1.83. The molecule has 1 saturated heterocycles. The molecule has 84 valence electrons. The summed E-state index contributed by atoms with van der Waals surface area (Å²) in [6, 6.07) is 4.01. The standard InChI is InChI=1S/C11H17NO3/c1-8-3-4-9(15-8)11(12-2)10-7-13-5-6-14-10/h3-4,10-12H,5-7H2,1-2H3. The highest BCUT2D eigenvalue weighted by Crippen LogP contribution is 2.22. The lowest BCUT2D eigenvalue weighted by Crippen LogP contribution is -2.39. The van der Waals surface area contributed by atoms with Crippen molar-refractivity contribution in [1.29, 1.82) is 0 Å². The molecule has 1 N–H and O–H groups in total. The van der Waals surface area contributed by atoms with E-state index in [1.807, 2.05) is 26.1 Å². The lowest BCUT2D eigenvalue weighted by Gasteiger charge is -2.28. The van der Waals surface area contributed by atoms with Crippen LogP contribution >= 0.6 is 0 Å². The van der Waals surface area contributed by atoms with Crippen LogP contribution in [0.5, 0.6) is 0 Å². The first-order valence-electron chi connectivity index (χ1n) is 5.24. The van der Waals surface area contributed by atoms with Crippen molar-refractivity contribution in [2.75, 3.05) is 26.9 Å². The third-order valence-corrected chi connectivity index (χ3v) is 2.59. The molecule has 2 rings (SSSR count). The highest BCUT2D eigenvalue weighted by atomic mass is 16.6. The number of furan rings is 1. The van der Waals surface area contributed by atoms with Crippen LogP contribution in [0.4, 0.5) is 0 Å². The summed E-state index contributed by atoms with van der Waals surface area (Å²) in [7, 11) is 1.90. The first-order chi connectivity index (χ1) is 7.31. The van der Waals surface area contributed by atoms with Crippen molar-refractivity contribution in [1.82, 2.24) is 5.32 Å². The zero-order valence-electron chi connectivity index (χ0n) is 9.16. The minimum Gasteiger partial charge on any atom is -0.465 e. The second-order valence-corrected chi connectivity index (χ2v) is 3.70. The molecule has 1 aromatic heterocycles. The van der Waals surface area contributed by atoms with Gasteiger partial charge < -0.3 is 19.2 Å². The molecule has 0 bridgehead atoms. The van der Waals surface area contributed by atoms with Crippen molar-refractivity contribution in [3.8, 4) is 0 Å². The third-order valence-electron chi connectivity index (χ3n) is 2.59. The van der Waals surface area contributed by atoms with Crippen molar-refractivity contribution >= 4 is 0 Å². The van der Waals surface area contributed by atoms with Crippen LogP contribution in [-0.2, 0) is 9.47 Å². The summed E-state index contributed by atoms with van der Waals surface area (Å²) in [5.41, 5.74) is 0. The summed E-state index contributed by atoms with van der Waals surface area (Å²) < 4.78 is 16.6. The van der Waals surface area contributed by atoms with Crippen molar-refractivity contribution < 1.29 is 13.9 Å². The fraction of sp³-hybridized carbons (Fsp3) is 0.636. The lowest BCUT2D eigenvalue weighted by molar-refractivity contribution is -0.104. The smallest absolute Gasteiger partial charge is 0.123 e. The normalized spacial score (nSPS) is 24.0. The van der Waals surface area contributed by atoms with E-state index < -0.39 is 0 Å². The maximum atomic E-state index is 5.65. The zero-order chi connectivity index (χ0) is 10.7. The first kappa shape index (κ1) is 10.7. The average Bonchev–Trinajstić information content (AvgIpc) is 2.68. The van der Waals surface area contributed by atoms with Gasteiger partial charge in [-0.2, -0.15) is 0 Å². The molecule has 0 spiro atoms. The molecular formula is C11H17NO3. The summed E-state index contributed by atoms with van der Waals surface area (Å²) in [6.07, 6.45) is 0.0364. The molecule has 1 aliphatic heterocycles. The number of ether oxygens (including phenoxy) is 2. The quantitative estimate of drug-likeness (QED) is 0.817. The molecule has 15 heavy (non-hydrogen) atoms. The van der Waals surface area contributed by atoms with Gasteiger partial charge in [0.25, 0.3) is 0 Å². The van der Waals surface area contributed by atoms with Crippen molar-refractivity contribution in [3.63, 3.8) is 0 Å². The molecule has 1 fully saturated rings. The van der Waals surface area contributed by atoms with Crippen molar-refractivity contribution in [2.45, 2.75) is 19.1 Å². The lowest BCUT2D eigenvalue weighted by atomic mass is 10.1. The monoisotopic (exact) mass is 211 g/mol. The van der Waals surface area contributed by atoms with E-state index in [1.54, 1.807) is 0 Å². The van der Waals surface area contributed by atoms with E-state index in [2.05, 4.69) is 5.32 Å². The topological polar surface area (TPSA) is 43.6 Å². The number of aryl methyl sites for hydroxylation is 1. The maximum absolute atomic E-state index is 5.65. The van der Waals surface area contributed by atoms with Crippen molar-refractivity contribution in [2.24, 2.45) is 0 Å². The second kappa shape index (κ2) is 4.79. The van der Waals surface area contributed by atoms with E-state index in [9.17, 15) is 0 Å². The first-order valence-corrected chi connectivity index (χ1v) is 5.24. The van der Waals surface area contributed by atoms with Gasteiger partial charge in [-0.15, -0.1) is 0 Å². The molecule has 2 unspecified atom stereocenters. The van der Waals surface area contributed by atoms with E-state index in [-0.39, 0.29) is 12.1 Å². The highest BCUT2D eigenvalue weighted by molar-refractivity contribution is 5.11. The Bertz CT molecular complexity index is 305. The second-order valence-electron chi connectivity index (χ2n) is 3.70. The van der Waals surface area contributed by atoms with Crippen LogP contribution in [0.3, 0.4) is 0 Å². The highest BCUT2D eigenvalue weighted by Gasteiger charge is 2.27. The molecule has 0 radical (unpaired) electrons. The Morgan fingerprint density at radius 2 is 2.27 bits per heavy atom. The predicted octanol–water partition coefficient (Wildman–Crippen LogP) is 1.26. The molecule has 0 aliphatic carbocycles. The SMILES string of the molecule is CNC(c1ccc(C)o1)C1COCCO1. The van der Waals surface area contributed by atoms with Gasteiger partial charge in [-0.1, -0.05) is 0 Å². The maximum Gasteiger partial charge on any atom is 0.123 e. The molecule has 4 heteroatoms. The average molecular weight is 211 g/mol. The van der Waals surface area contributed by atoms with Gasteiger partial charge in [0.2, 0.25) is 0 Å². The minimum atomic E-state index is 0.0364. The van der Waals surface area contributed by atoms with Gasteiger partial charge >= 0.3 is 0 Å². The molecule has 4 nitrogen and oxygen atoms in total. The Labute approximate surface area is 89.6 Å². The summed E-state index contributed by atoms with van der Waals surface area (Å²) in [6.45, 7) is 3.90. The van der Waals surface area contributed by atoms with E-state index in [1.165, 1.54) is 0 Å². The Kier molecular flexibility index (Phi) is 3.41. The Morgan fingerprint density at radius 3 is 2.80 bits per heavy atom. The van der Waals surface area contributed by atoms with Gasteiger partial charge in [0.15, 0.2) is 0 Å². The Morgan fingerprint density at radius 1 is 1.40 bits per heavy atom. The molecule has 1 aromatic rings. The number of rotatable bonds is 3. The third kappa shape index (κ3) is 2.40. The van der Waals surface area contributed by atoms with E-state index in [0.717, 1.165) is 11.5 Å². The minimum absolute atomic E-state index is 0.0364. The van der Waals surface area contributed by atoms with Crippen LogP contribution in [0, 0.1) is 6.92 Å². The summed E-state index contributed by atoms with van der Waals surface area (Å²) in [5, 5.41) is 3.20. The number of hydrogen-bond donors (Lipinski definition) is 1. The van der Waals surface area contributed by atoms with Gasteiger partial charge in [-0.25, -0.2) is 0 Å². The number of hydrogen-bond acceptors (Lipinski definition) is 4. The fourth-order valence-electron chi connectivity index (χ4n) is 1.83. The summed E-state index contributed by atoms with van der Waals surface area (Å²) in [4.78, 5) is 0. The van der Waals surface area contributed by atoms with Gasteiger partial charge in [0.05, 0.1) is 25.9 Å². The van der Waals surface area contributed by atoms with Crippen LogP contribution in [-0.4, -0.2) is 33.0 Å². The van der Waals surface area contributed by atoms with Crippen LogP contribution in [0.1, 0.15) is 17.6 Å². The summed E-state index contributed by atoms with van der Waals surface area (Å²) >= 11 is 0. The van der Waals surface area contributed by atoms with E-state index >= 15 is 0 Å². The number of likely N-dealkylation sites (N-methyl/N-ethyl adjacent to an activating group) is 1. The molecule has 0 amide bonds. The van der Waals surface area contributed by atoms with E-state index in [4.69, 9.17) is 13.9 Å². The molecule has 2 atom stereocenters. The van der Waals surface area contributed by atoms with Gasteiger partial charge in [0.1, 0.15) is 17.6 Å². The van der Waals surface area contributed by atoms with Gasteiger partial charge in [-0.3, -0.25) is 0 Å². The predicted molar refractivity (Wildman–Crippen MR) is 55.8 cm³/mol. The Hall–Kier alpha value is -0.840. The van der Waals surface area contributed by atoms with E-state index in [0.29, 0.717) is 19.8 Å². The zero-order valence-corrected chi connectivity index (χ0v) is 9.16. The molecular weight excluding hydrogens is 194 g/mol. The van der Waals surface area contributed by atoms with Crippen LogP contribution in [0.2, 0.25) is 0 Å². The van der Waals surface area contributed by atoms with Crippen LogP contribution in [0.25, 0.3) is 0 Å². The molecule has 1 aliphatic rings. The summed E-state index contributed by atoms with van der Waals surface area (Å²) in [5.74, 6) is 1.83. The number of nitrogens with one attached hydrogen (secondary N) is 1. The largest absolute Gasteiger partial charge is 0.465 e. The van der Waals surface area contributed by atoms with Crippen molar-refractivity contribution in [3.05, 3.63) is 23.7 Å².